The van der Waals surface area contributed by atoms with Gasteiger partial charge in [-0.15, -0.1) is 0 Å². The molecule has 2 rings (SSSR count). The molecule has 25 heavy (non-hydrogen) atoms. The number of rotatable bonds is 6. The van der Waals surface area contributed by atoms with Gasteiger partial charge in [-0.3, -0.25) is 10.1 Å². The normalized spacial score (nSPS) is 12.9. The number of quaternary nitrogens is 1. The monoisotopic (exact) mass is 404 g/mol. The van der Waals surface area contributed by atoms with Crippen LogP contribution in [0.3, 0.4) is 0 Å². The van der Waals surface area contributed by atoms with Crippen LogP contribution in [-0.4, -0.2) is 25.5 Å². The number of likely N-dealkylation sites (N-methyl/N-ethyl adjacent to an activating group) is 1. The molecule has 1 unspecified atom stereocenters. The molecule has 132 valence electrons. The van der Waals surface area contributed by atoms with E-state index < -0.39 is 12.1 Å². The highest BCUT2D eigenvalue weighted by Gasteiger charge is 2.30. The zero-order valence-electron chi connectivity index (χ0n) is 14.4. The molecule has 6 heteroatoms. The molecule has 0 aliphatic heterocycles. The Morgan fingerprint density at radius 3 is 2.36 bits per heavy atom. The van der Waals surface area contributed by atoms with Crippen LogP contribution >= 0.6 is 15.9 Å². The van der Waals surface area contributed by atoms with Gasteiger partial charge < -0.3 is 10.2 Å². The van der Waals surface area contributed by atoms with Gasteiger partial charge >= 0.3 is 6.03 Å². The number of urea groups is 1. The molecule has 0 radical (unpaired) electrons. The minimum Gasteiger partial charge on any atom is -0.338 e. The first-order chi connectivity index (χ1) is 12.0. The van der Waals surface area contributed by atoms with Crippen molar-refractivity contribution in [3.63, 3.8) is 0 Å². The summed E-state index contributed by atoms with van der Waals surface area (Å²) in [6.07, 6.45) is 0. The first kappa shape index (κ1) is 19.1. The summed E-state index contributed by atoms with van der Waals surface area (Å²) in [7, 11) is 1.95. The van der Waals surface area contributed by atoms with Crippen LogP contribution in [0, 0.1) is 0 Å². The largest absolute Gasteiger partial charge is 0.338 e. The van der Waals surface area contributed by atoms with E-state index in [0.717, 1.165) is 20.5 Å². The third-order valence-electron chi connectivity index (χ3n) is 3.89. The van der Waals surface area contributed by atoms with Crippen LogP contribution in [0.2, 0.25) is 0 Å². The second kappa shape index (κ2) is 9.34. The number of hydrogen-bond donors (Lipinski definition) is 3. The molecule has 3 amide bonds. The van der Waals surface area contributed by atoms with Crippen molar-refractivity contribution in [3.05, 3.63) is 70.2 Å². The van der Waals surface area contributed by atoms with Gasteiger partial charge in [0.05, 0.1) is 7.05 Å². The van der Waals surface area contributed by atoms with E-state index in [1.807, 2.05) is 68.6 Å². The predicted molar refractivity (Wildman–Crippen MR) is 101 cm³/mol. The maximum absolute atomic E-state index is 12.7. The first-order valence-electron chi connectivity index (χ1n) is 8.22. The van der Waals surface area contributed by atoms with E-state index >= 15 is 0 Å². The predicted octanol–water partition coefficient (Wildman–Crippen LogP) is 2.05. The first-order valence-corrected chi connectivity index (χ1v) is 9.01. The Balaban J connectivity index is 2.23. The second-order valence-electron chi connectivity index (χ2n) is 5.81. The fourth-order valence-electron chi connectivity index (χ4n) is 2.74. The highest BCUT2D eigenvalue weighted by molar-refractivity contribution is 9.10. The average Bonchev–Trinajstić information content (AvgIpc) is 2.58. The lowest BCUT2D eigenvalue weighted by Crippen LogP contribution is -3.09. The number of carbonyl (C=O) groups excluding carboxylic acids is 2. The number of nitrogens with one attached hydrogen (secondary N) is 3. The quantitative estimate of drug-likeness (QED) is 0.689. The zero-order valence-corrected chi connectivity index (χ0v) is 16.0. The molecule has 2 aromatic rings. The molecule has 0 saturated carbocycles. The molecule has 0 fully saturated rings. The Bertz CT molecular complexity index is 722. The fraction of sp³-hybridized carbons (Fsp3) is 0.263. The third kappa shape index (κ3) is 5.41. The summed E-state index contributed by atoms with van der Waals surface area (Å²) in [5, 5.41) is 5.03. The Hall–Kier alpha value is -2.18. The summed E-state index contributed by atoms with van der Waals surface area (Å²) in [6, 6.07) is 16.5. The minimum absolute atomic E-state index is 0.318. The molecular formula is C19H23BrN3O2+. The van der Waals surface area contributed by atoms with Crippen LogP contribution in [0.5, 0.6) is 0 Å². The zero-order chi connectivity index (χ0) is 18.2. The van der Waals surface area contributed by atoms with Gasteiger partial charge in [0.2, 0.25) is 0 Å². The van der Waals surface area contributed by atoms with Crippen molar-refractivity contribution in [2.24, 2.45) is 0 Å². The SMILES string of the molecule is CCNC(=O)NC(=O)[C@H](c1ccccc1)[NH+](C)Cc1ccccc1Br. The summed E-state index contributed by atoms with van der Waals surface area (Å²) >= 11 is 3.55. The topological polar surface area (TPSA) is 62.6 Å². The van der Waals surface area contributed by atoms with Gasteiger partial charge in [0.1, 0.15) is 6.54 Å². The van der Waals surface area contributed by atoms with Crippen molar-refractivity contribution < 1.29 is 14.5 Å². The maximum Gasteiger partial charge on any atom is 0.321 e. The van der Waals surface area contributed by atoms with Gasteiger partial charge in [-0.2, -0.15) is 0 Å². The molecule has 0 aromatic heterocycles. The summed E-state index contributed by atoms with van der Waals surface area (Å²) in [6.45, 7) is 2.92. The lowest BCUT2D eigenvalue weighted by Gasteiger charge is -2.25. The van der Waals surface area contributed by atoms with Crippen LogP contribution in [-0.2, 0) is 11.3 Å². The van der Waals surface area contributed by atoms with Crippen molar-refractivity contribution in [2.75, 3.05) is 13.6 Å². The van der Waals surface area contributed by atoms with E-state index in [1.165, 1.54) is 0 Å². The van der Waals surface area contributed by atoms with Crippen molar-refractivity contribution in [2.45, 2.75) is 19.5 Å². The lowest BCUT2D eigenvalue weighted by molar-refractivity contribution is -0.916. The van der Waals surface area contributed by atoms with Gasteiger partial charge in [0.25, 0.3) is 5.91 Å². The van der Waals surface area contributed by atoms with E-state index in [2.05, 4.69) is 26.6 Å². The smallest absolute Gasteiger partial charge is 0.321 e. The average molecular weight is 405 g/mol. The van der Waals surface area contributed by atoms with E-state index in [0.29, 0.717) is 13.1 Å². The molecule has 0 aliphatic carbocycles. The molecule has 5 nitrogen and oxygen atoms in total. The molecule has 3 N–H and O–H groups in total. The van der Waals surface area contributed by atoms with Gasteiger partial charge in [0.15, 0.2) is 6.04 Å². The third-order valence-corrected chi connectivity index (χ3v) is 4.66. The fourth-order valence-corrected chi connectivity index (χ4v) is 3.16. The second-order valence-corrected chi connectivity index (χ2v) is 6.66. The molecule has 0 aliphatic rings. The molecular weight excluding hydrogens is 382 g/mol. The van der Waals surface area contributed by atoms with Crippen LogP contribution < -0.4 is 15.5 Å². The summed E-state index contributed by atoms with van der Waals surface area (Å²) in [4.78, 5) is 25.5. The number of halogens is 1. The van der Waals surface area contributed by atoms with Crippen LogP contribution in [0.4, 0.5) is 4.79 Å². The Morgan fingerprint density at radius 1 is 1.08 bits per heavy atom. The van der Waals surface area contributed by atoms with Gasteiger partial charge in [-0.25, -0.2) is 4.79 Å². The Labute approximate surface area is 156 Å². The van der Waals surface area contributed by atoms with Gasteiger partial charge in [-0.1, -0.05) is 64.5 Å². The van der Waals surface area contributed by atoms with Gasteiger partial charge in [0, 0.05) is 22.1 Å². The van der Waals surface area contributed by atoms with Crippen LogP contribution in [0.1, 0.15) is 24.1 Å². The van der Waals surface area contributed by atoms with Crippen molar-refractivity contribution in [1.82, 2.24) is 10.6 Å². The molecule has 0 bridgehead atoms. The number of hydrogen-bond acceptors (Lipinski definition) is 2. The van der Waals surface area contributed by atoms with Gasteiger partial charge in [-0.05, 0) is 13.0 Å². The van der Waals surface area contributed by atoms with E-state index in [1.54, 1.807) is 0 Å². The molecule has 0 saturated heterocycles. The van der Waals surface area contributed by atoms with Crippen LogP contribution in [0.25, 0.3) is 0 Å². The van der Waals surface area contributed by atoms with E-state index in [-0.39, 0.29) is 5.91 Å². The number of amides is 3. The molecule has 2 aromatic carbocycles. The lowest BCUT2D eigenvalue weighted by atomic mass is 10.0. The molecule has 0 spiro atoms. The van der Waals surface area contributed by atoms with Crippen molar-refractivity contribution in [3.8, 4) is 0 Å². The Morgan fingerprint density at radius 2 is 1.72 bits per heavy atom. The number of imide groups is 1. The highest BCUT2D eigenvalue weighted by Crippen LogP contribution is 2.16. The number of benzene rings is 2. The molecule has 0 heterocycles. The summed E-state index contributed by atoms with van der Waals surface area (Å²) in [5.74, 6) is -0.318. The summed E-state index contributed by atoms with van der Waals surface area (Å²) in [5.41, 5.74) is 1.97. The van der Waals surface area contributed by atoms with Crippen molar-refractivity contribution >= 4 is 27.9 Å². The van der Waals surface area contributed by atoms with Crippen molar-refractivity contribution in [1.29, 1.82) is 0 Å². The molecule has 2 atom stereocenters. The summed E-state index contributed by atoms with van der Waals surface area (Å²) < 4.78 is 1.00. The minimum atomic E-state index is -0.490. The maximum atomic E-state index is 12.7. The standard InChI is InChI=1S/C19H22BrN3O2/c1-3-21-19(25)22-18(24)17(14-9-5-4-6-10-14)23(2)13-15-11-7-8-12-16(15)20/h4-12,17H,3,13H2,1-2H3,(H2,21,22,24,25)/p+1/t17-/m0/s1. The van der Waals surface area contributed by atoms with E-state index in [9.17, 15) is 9.59 Å². The number of carbonyl (C=O) groups is 2. The highest BCUT2D eigenvalue weighted by atomic mass is 79.9. The Kier molecular flexibility index (Phi) is 7.16. The van der Waals surface area contributed by atoms with E-state index in [4.69, 9.17) is 0 Å². The van der Waals surface area contributed by atoms with Crippen LogP contribution in [0.15, 0.2) is 59.1 Å².